The summed E-state index contributed by atoms with van der Waals surface area (Å²) in [5.74, 6) is -1.03. The van der Waals surface area contributed by atoms with E-state index in [0.717, 1.165) is 0 Å². The van der Waals surface area contributed by atoms with E-state index in [4.69, 9.17) is 11.5 Å². The molecule has 0 amide bonds. The molecule has 0 saturated carbocycles. The SMILES string of the molecule is NC1(N)CCOO1. The van der Waals surface area contributed by atoms with Gasteiger partial charge in [0.1, 0.15) is 0 Å². The molecule has 0 radical (unpaired) electrons. The monoisotopic (exact) mass is 104 g/mol. The van der Waals surface area contributed by atoms with Crippen molar-refractivity contribution in [3.63, 3.8) is 0 Å². The van der Waals surface area contributed by atoms with Gasteiger partial charge in [0, 0.05) is 6.42 Å². The first-order chi connectivity index (χ1) is 3.21. The van der Waals surface area contributed by atoms with Crippen LogP contribution in [0.15, 0.2) is 0 Å². The lowest BCUT2D eigenvalue weighted by molar-refractivity contribution is -0.306. The molecule has 1 aliphatic rings. The van der Waals surface area contributed by atoms with E-state index in [1.807, 2.05) is 0 Å². The van der Waals surface area contributed by atoms with Crippen LogP contribution in [0.5, 0.6) is 0 Å². The summed E-state index contributed by atoms with van der Waals surface area (Å²) in [5, 5.41) is 0. The molecule has 42 valence electrons. The zero-order valence-electron chi connectivity index (χ0n) is 3.89. The van der Waals surface area contributed by atoms with Gasteiger partial charge in [-0.05, 0) is 0 Å². The van der Waals surface area contributed by atoms with Crippen LogP contribution < -0.4 is 11.5 Å². The Morgan fingerprint density at radius 1 is 1.43 bits per heavy atom. The molecule has 1 heterocycles. The standard InChI is InChI=1S/C3H8N2O2/c4-3(5)1-2-6-7-3/h1-2,4-5H2. The minimum atomic E-state index is -1.03. The van der Waals surface area contributed by atoms with Gasteiger partial charge in [-0.15, -0.1) is 0 Å². The van der Waals surface area contributed by atoms with Crippen molar-refractivity contribution in [2.24, 2.45) is 11.5 Å². The van der Waals surface area contributed by atoms with Gasteiger partial charge in [-0.3, -0.25) is 11.5 Å². The third-order valence-electron chi connectivity index (χ3n) is 0.790. The molecule has 7 heavy (non-hydrogen) atoms. The molecule has 1 aliphatic heterocycles. The summed E-state index contributed by atoms with van der Waals surface area (Å²) in [7, 11) is 0. The van der Waals surface area contributed by atoms with E-state index >= 15 is 0 Å². The van der Waals surface area contributed by atoms with Crippen LogP contribution in [-0.2, 0) is 9.78 Å². The highest BCUT2D eigenvalue weighted by molar-refractivity contribution is 4.63. The summed E-state index contributed by atoms with van der Waals surface area (Å²) in [4.78, 5) is 8.81. The first kappa shape index (κ1) is 4.99. The molecule has 4 N–H and O–H groups in total. The van der Waals surface area contributed by atoms with Gasteiger partial charge in [0.2, 0.25) is 5.85 Å². The van der Waals surface area contributed by atoms with Crippen molar-refractivity contribution in [1.82, 2.24) is 0 Å². The van der Waals surface area contributed by atoms with Gasteiger partial charge >= 0.3 is 0 Å². The van der Waals surface area contributed by atoms with E-state index in [0.29, 0.717) is 13.0 Å². The molecular formula is C3H8N2O2. The fraction of sp³-hybridized carbons (Fsp3) is 1.00. The lowest BCUT2D eigenvalue weighted by Gasteiger charge is -2.10. The van der Waals surface area contributed by atoms with E-state index in [1.54, 1.807) is 0 Å². The van der Waals surface area contributed by atoms with Crippen molar-refractivity contribution in [2.45, 2.75) is 12.3 Å². The minimum Gasteiger partial charge on any atom is -0.288 e. The summed E-state index contributed by atoms with van der Waals surface area (Å²) in [6.45, 7) is 0.493. The largest absolute Gasteiger partial charge is 0.288 e. The zero-order valence-corrected chi connectivity index (χ0v) is 3.89. The Bertz CT molecular complexity index is 65.3. The molecule has 0 aromatic rings. The van der Waals surface area contributed by atoms with Crippen molar-refractivity contribution in [1.29, 1.82) is 0 Å². The van der Waals surface area contributed by atoms with Crippen LogP contribution in [-0.4, -0.2) is 12.5 Å². The fourth-order valence-corrected chi connectivity index (χ4v) is 0.394. The minimum absolute atomic E-state index is 0.493. The molecule has 0 aliphatic carbocycles. The van der Waals surface area contributed by atoms with Crippen LogP contribution >= 0.6 is 0 Å². The maximum absolute atomic E-state index is 5.21. The molecule has 0 aromatic heterocycles. The van der Waals surface area contributed by atoms with Gasteiger partial charge in [-0.25, -0.2) is 4.89 Å². The molecule has 0 spiro atoms. The van der Waals surface area contributed by atoms with Crippen LogP contribution in [0.1, 0.15) is 6.42 Å². The van der Waals surface area contributed by atoms with E-state index in [9.17, 15) is 0 Å². The molecule has 0 bridgehead atoms. The molecule has 0 unspecified atom stereocenters. The molecule has 0 aromatic carbocycles. The van der Waals surface area contributed by atoms with Gasteiger partial charge < -0.3 is 0 Å². The van der Waals surface area contributed by atoms with Crippen LogP contribution in [0.25, 0.3) is 0 Å². The average Bonchev–Trinajstić information content (AvgIpc) is 1.84. The van der Waals surface area contributed by atoms with E-state index < -0.39 is 5.85 Å². The summed E-state index contributed by atoms with van der Waals surface area (Å²) in [6, 6.07) is 0. The number of nitrogens with two attached hydrogens (primary N) is 2. The Morgan fingerprint density at radius 3 is 2.29 bits per heavy atom. The van der Waals surface area contributed by atoms with Crippen molar-refractivity contribution in [2.75, 3.05) is 6.61 Å². The number of hydrogen-bond donors (Lipinski definition) is 2. The highest BCUT2D eigenvalue weighted by atomic mass is 17.2. The second-order valence-corrected chi connectivity index (χ2v) is 1.61. The molecule has 4 nitrogen and oxygen atoms in total. The highest BCUT2D eigenvalue weighted by Gasteiger charge is 2.26. The van der Waals surface area contributed by atoms with Crippen LogP contribution in [0.4, 0.5) is 0 Å². The molecule has 0 atom stereocenters. The smallest absolute Gasteiger partial charge is 0.205 e. The normalized spacial score (nSPS) is 28.3. The van der Waals surface area contributed by atoms with Gasteiger partial charge in [-0.2, -0.15) is 4.89 Å². The number of hydrogen-bond acceptors (Lipinski definition) is 4. The second kappa shape index (κ2) is 1.41. The van der Waals surface area contributed by atoms with E-state index in [1.165, 1.54) is 0 Å². The summed E-state index contributed by atoms with van der Waals surface area (Å²) in [5.41, 5.74) is 10.4. The topological polar surface area (TPSA) is 70.5 Å². The van der Waals surface area contributed by atoms with Crippen LogP contribution in [0.2, 0.25) is 0 Å². The third-order valence-corrected chi connectivity index (χ3v) is 0.790. The van der Waals surface area contributed by atoms with E-state index in [-0.39, 0.29) is 0 Å². The Labute approximate surface area is 41.3 Å². The molecule has 4 heteroatoms. The van der Waals surface area contributed by atoms with Gasteiger partial charge in [0.15, 0.2) is 0 Å². The zero-order chi connectivity index (χ0) is 5.33. The van der Waals surface area contributed by atoms with Crippen molar-refractivity contribution >= 4 is 0 Å². The summed E-state index contributed by atoms with van der Waals surface area (Å²) >= 11 is 0. The Kier molecular flexibility index (Phi) is 1.01. The predicted molar refractivity (Wildman–Crippen MR) is 22.8 cm³/mol. The highest BCUT2D eigenvalue weighted by Crippen LogP contribution is 2.09. The molecular weight excluding hydrogens is 96.0 g/mol. The van der Waals surface area contributed by atoms with Crippen LogP contribution in [0.3, 0.4) is 0 Å². The summed E-state index contributed by atoms with van der Waals surface area (Å²) < 4.78 is 0. The Balaban J connectivity index is 2.40. The van der Waals surface area contributed by atoms with Crippen molar-refractivity contribution in [3.05, 3.63) is 0 Å². The van der Waals surface area contributed by atoms with Crippen molar-refractivity contribution in [3.8, 4) is 0 Å². The van der Waals surface area contributed by atoms with Gasteiger partial charge in [0.05, 0.1) is 6.61 Å². The van der Waals surface area contributed by atoms with Crippen molar-refractivity contribution < 1.29 is 9.78 Å². The van der Waals surface area contributed by atoms with Gasteiger partial charge in [0.25, 0.3) is 0 Å². The first-order valence-electron chi connectivity index (χ1n) is 2.09. The Hall–Kier alpha value is -0.160. The lowest BCUT2D eigenvalue weighted by Crippen LogP contribution is -2.48. The molecule has 1 saturated heterocycles. The fourth-order valence-electron chi connectivity index (χ4n) is 0.394. The maximum Gasteiger partial charge on any atom is 0.205 e. The quantitative estimate of drug-likeness (QED) is 0.302. The first-order valence-corrected chi connectivity index (χ1v) is 2.09. The summed E-state index contributed by atoms with van der Waals surface area (Å²) in [6.07, 6.45) is 0.562. The van der Waals surface area contributed by atoms with Gasteiger partial charge in [-0.1, -0.05) is 0 Å². The van der Waals surface area contributed by atoms with Crippen LogP contribution in [0, 0.1) is 0 Å². The average molecular weight is 104 g/mol. The molecule has 1 rings (SSSR count). The maximum atomic E-state index is 5.21. The lowest BCUT2D eigenvalue weighted by atomic mass is 10.3. The molecule has 1 fully saturated rings. The third kappa shape index (κ3) is 1.10. The Morgan fingerprint density at radius 2 is 2.14 bits per heavy atom. The number of rotatable bonds is 0. The second-order valence-electron chi connectivity index (χ2n) is 1.61. The predicted octanol–water partition coefficient (Wildman–Crippen LogP) is -1.09. The van der Waals surface area contributed by atoms with E-state index in [2.05, 4.69) is 9.78 Å².